The molecule has 0 amide bonds. The Balaban J connectivity index is 3.16. The van der Waals surface area contributed by atoms with Gasteiger partial charge in [0.2, 0.25) is 0 Å². The molecule has 0 heterocycles. The second-order valence-electron chi connectivity index (χ2n) is 5.29. The lowest BCUT2D eigenvalue weighted by atomic mass is 10.1. The number of esters is 1. The van der Waals surface area contributed by atoms with E-state index in [-0.39, 0.29) is 5.97 Å². The molecular weight excluding hydrogens is 248 g/mol. The third-order valence-electron chi connectivity index (χ3n) is 3.21. The molecule has 0 aliphatic carbocycles. The molecule has 0 fully saturated rings. The molecule has 0 saturated heterocycles. The molecule has 0 aromatic rings. The summed E-state index contributed by atoms with van der Waals surface area (Å²) in [6.45, 7) is 3.67. The molecule has 116 valence electrons. The van der Waals surface area contributed by atoms with Crippen molar-refractivity contribution in [1.29, 1.82) is 0 Å². The SMILES string of the molecule is CCCCCCCC/C=C/CCCC/C=C/OC(C)=O. The number of rotatable bonds is 13. The number of carbonyl (C=O) groups is 1. The first-order chi connectivity index (χ1) is 9.77. The van der Waals surface area contributed by atoms with Crippen LogP contribution in [0.2, 0.25) is 0 Å². The normalized spacial score (nSPS) is 11.5. The minimum Gasteiger partial charge on any atom is -0.435 e. The van der Waals surface area contributed by atoms with E-state index in [0.717, 1.165) is 19.3 Å². The minimum absolute atomic E-state index is 0.251. The molecule has 2 nitrogen and oxygen atoms in total. The first kappa shape index (κ1) is 18.9. The van der Waals surface area contributed by atoms with Gasteiger partial charge in [-0.2, -0.15) is 0 Å². The maximum absolute atomic E-state index is 10.5. The Kier molecular flexibility index (Phi) is 15.2. The van der Waals surface area contributed by atoms with Crippen molar-refractivity contribution in [3.05, 3.63) is 24.5 Å². The topological polar surface area (TPSA) is 26.3 Å². The van der Waals surface area contributed by atoms with Gasteiger partial charge in [-0.25, -0.2) is 0 Å². The van der Waals surface area contributed by atoms with Crippen LogP contribution < -0.4 is 0 Å². The van der Waals surface area contributed by atoms with E-state index in [0.29, 0.717) is 0 Å². The van der Waals surface area contributed by atoms with Crippen LogP contribution in [0.25, 0.3) is 0 Å². The van der Waals surface area contributed by atoms with Gasteiger partial charge in [-0.05, 0) is 44.6 Å². The van der Waals surface area contributed by atoms with Crippen LogP contribution in [0.1, 0.15) is 84.5 Å². The molecule has 0 aromatic heterocycles. The number of hydrogen-bond acceptors (Lipinski definition) is 2. The molecule has 20 heavy (non-hydrogen) atoms. The summed E-state index contributed by atoms with van der Waals surface area (Å²) in [7, 11) is 0. The summed E-state index contributed by atoms with van der Waals surface area (Å²) in [5, 5.41) is 0. The van der Waals surface area contributed by atoms with Gasteiger partial charge in [0.25, 0.3) is 0 Å². The lowest BCUT2D eigenvalue weighted by Crippen LogP contribution is -1.89. The van der Waals surface area contributed by atoms with Gasteiger partial charge in [-0.15, -0.1) is 0 Å². The van der Waals surface area contributed by atoms with Crippen molar-refractivity contribution >= 4 is 5.97 Å². The van der Waals surface area contributed by atoms with Crippen LogP contribution in [-0.2, 0) is 9.53 Å². The second-order valence-corrected chi connectivity index (χ2v) is 5.29. The Morgan fingerprint density at radius 2 is 1.30 bits per heavy atom. The highest BCUT2D eigenvalue weighted by atomic mass is 16.5. The Hall–Kier alpha value is -1.05. The summed E-state index contributed by atoms with van der Waals surface area (Å²) in [5.74, 6) is -0.251. The van der Waals surface area contributed by atoms with Crippen molar-refractivity contribution in [1.82, 2.24) is 0 Å². The Bertz CT molecular complexity index is 267. The van der Waals surface area contributed by atoms with Gasteiger partial charge in [-0.3, -0.25) is 4.79 Å². The van der Waals surface area contributed by atoms with E-state index in [1.54, 1.807) is 0 Å². The number of hydrogen-bond donors (Lipinski definition) is 0. The van der Waals surface area contributed by atoms with Gasteiger partial charge in [0, 0.05) is 6.92 Å². The van der Waals surface area contributed by atoms with Gasteiger partial charge in [0.05, 0.1) is 6.26 Å². The van der Waals surface area contributed by atoms with E-state index < -0.39 is 0 Å². The van der Waals surface area contributed by atoms with Crippen LogP contribution in [0.15, 0.2) is 24.5 Å². The number of carbonyl (C=O) groups excluding carboxylic acids is 1. The monoisotopic (exact) mass is 280 g/mol. The molecule has 0 aliphatic heterocycles. The van der Waals surface area contributed by atoms with Crippen molar-refractivity contribution in [3.63, 3.8) is 0 Å². The quantitative estimate of drug-likeness (QED) is 0.181. The molecule has 2 heteroatoms. The molecule has 0 radical (unpaired) electrons. The molecule has 0 N–H and O–H groups in total. The van der Waals surface area contributed by atoms with Crippen LogP contribution in [-0.4, -0.2) is 5.97 Å². The van der Waals surface area contributed by atoms with Crippen molar-refractivity contribution in [2.24, 2.45) is 0 Å². The van der Waals surface area contributed by atoms with Crippen molar-refractivity contribution < 1.29 is 9.53 Å². The fourth-order valence-electron chi connectivity index (χ4n) is 2.01. The smallest absolute Gasteiger partial charge is 0.307 e. The predicted molar refractivity (Wildman–Crippen MR) is 86.5 cm³/mol. The Labute approximate surface area is 125 Å². The molecule has 0 spiro atoms. The van der Waals surface area contributed by atoms with Gasteiger partial charge in [0.1, 0.15) is 0 Å². The zero-order valence-corrected chi connectivity index (χ0v) is 13.4. The summed E-state index contributed by atoms with van der Waals surface area (Å²) in [6.07, 6.45) is 22.0. The van der Waals surface area contributed by atoms with Crippen LogP contribution in [0, 0.1) is 0 Å². The lowest BCUT2D eigenvalue weighted by Gasteiger charge is -1.98. The zero-order valence-electron chi connectivity index (χ0n) is 13.4. The highest BCUT2D eigenvalue weighted by molar-refractivity contribution is 5.66. The zero-order chi connectivity index (χ0) is 14.9. The minimum atomic E-state index is -0.251. The van der Waals surface area contributed by atoms with Crippen molar-refractivity contribution in [3.8, 4) is 0 Å². The maximum atomic E-state index is 10.5. The third kappa shape index (κ3) is 16.9. The van der Waals surface area contributed by atoms with Crippen molar-refractivity contribution in [2.75, 3.05) is 0 Å². The molecule has 0 atom stereocenters. The average Bonchev–Trinajstić information content (AvgIpc) is 2.43. The number of ether oxygens (including phenoxy) is 1. The van der Waals surface area contributed by atoms with E-state index in [4.69, 9.17) is 4.74 Å². The summed E-state index contributed by atoms with van der Waals surface area (Å²) < 4.78 is 4.72. The Morgan fingerprint density at radius 3 is 1.90 bits per heavy atom. The van der Waals surface area contributed by atoms with E-state index in [1.807, 2.05) is 6.08 Å². The maximum Gasteiger partial charge on any atom is 0.307 e. The first-order valence-corrected chi connectivity index (χ1v) is 8.24. The number of unbranched alkanes of at least 4 members (excludes halogenated alkanes) is 9. The van der Waals surface area contributed by atoms with E-state index in [1.165, 1.54) is 64.6 Å². The predicted octanol–water partition coefficient (Wildman–Crippen LogP) is 5.93. The molecule has 0 unspecified atom stereocenters. The third-order valence-corrected chi connectivity index (χ3v) is 3.21. The van der Waals surface area contributed by atoms with Crippen molar-refractivity contribution in [2.45, 2.75) is 84.5 Å². The van der Waals surface area contributed by atoms with Crippen LogP contribution in [0.5, 0.6) is 0 Å². The Morgan fingerprint density at radius 1 is 0.800 bits per heavy atom. The highest BCUT2D eigenvalue weighted by Gasteiger charge is 1.89. The van der Waals surface area contributed by atoms with Gasteiger partial charge in [0.15, 0.2) is 0 Å². The van der Waals surface area contributed by atoms with Gasteiger partial charge in [-0.1, -0.05) is 51.2 Å². The lowest BCUT2D eigenvalue weighted by molar-refractivity contribution is -0.135. The van der Waals surface area contributed by atoms with Crippen LogP contribution in [0.4, 0.5) is 0 Å². The fourth-order valence-corrected chi connectivity index (χ4v) is 2.01. The average molecular weight is 280 g/mol. The molecule has 0 rings (SSSR count). The molecule has 0 aliphatic rings. The van der Waals surface area contributed by atoms with Crippen LogP contribution >= 0.6 is 0 Å². The van der Waals surface area contributed by atoms with Gasteiger partial charge < -0.3 is 4.74 Å². The summed E-state index contributed by atoms with van der Waals surface area (Å²) in [4.78, 5) is 10.5. The summed E-state index contributed by atoms with van der Waals surface area (Å²) in [5.41, 5.74) is 0. The summed E-state index contributed by atoms with van der Waals surface area (Å²) in [6, 6.07) is 0. The first-order valence-electron chi connectivity index (χ1n) is 8.24. The highest BCUT2D eigenvalue weighted by Crippen LogP contribution is 2.08. The van der Waals surface area contributed by atoms with Crippen LogP contribution in [0.3, 0.4) is 0 Å². The van der Waals surface area contributed by atoms with Gasteiger partial charge >= 0.3 is 5.97 Å². The molecule has 0 bridgehead atoms. The van der Waals surface area contributed by atoms with E-state index in [9.17, 15) is 4.79 Å². The molecular formula is C18H32O2. The number of allylic oxidation sites excluding steroid dienone is 3. The standard InChI is InChI=1S/C18H32O2/c1-3-4-5-6-7-8-9-10-11-12-13-14-15-16-17-20-18(2)19/h10-11,16-17H,3-9,12-15H2,1-2H3/b11-10+,17-16+. The molecule has 0 saturated carbocycles. The fraction of sp³-hybridized carbons (Fsp3) is 0.722. The van der Waals surface area contributed by atoms with E-state index in [2.05, 4.69) is 19.1 Å². The van der Waals surface area contributed by atoms with E-state index >= 15 is 0 Å². The summed E-state index contributed by atoms with van der Waals surface area (Å²) >= 11 is 0. The molecule has 0 aromatic carbocycles. The largest absolute Gasteiger partial charge is 0.435 e. The second kappa shape index (κ2) is 16.0.